The first kappa shape index (κ1) is 10.6. The highest BCUT2D eigenvalue weighted by atomic mass is 16.5. The van der Waals surface area contributed by atoms with Crippen molar-refractivity contribution in [1.82, 2.24) is 4.57 Å². The smallest absolute Gasteiger partial charge is 0.355 e. The number of aryl methyl sites for hydroxylation is 1. The normalized spacial score (nSPS) is 9.86. The van der Waals surface area contributed by atoms with E-state index in [-0.39, 0.29) is 5.97 Å². The van der Waals surface area contributed by atoms with Crippen LogP contribution >= 0.6 is 0 Å². The average molecular weight is 193 g/mol. The summed E-state index contributed by atoms with van der Waals surface area (Å²) in [5, 5.41) is 0. The standard InChI is InChI=1S/C11H15NO2/c1-4-6-9-7-8-12(3)10(9)11(13)14-5-2/h4,7-8H,1,5-6H2,2-3H3. The Morgan fingerprint density at radius 1 is 1.71 bits per heavy atom. The van der Waals surface area contributed by atoms with Gasteiger partial charge in [-0.2, -0.15) is 0 Å². The quantitative estimate of drug-likeness (QED) is 0.540. The fourth-order valence-corrected chi connectivity index (χ4v) is 1.38. The molecule has 0 amide bonds. The molecular formula is C11H15NO2. The Morgan fingerprint density at radius 2 is 2.43 bits per heavy atom. The average Bonchev–Trinajstić information content (AvgIpc) is 2.48. The van der Waals surface area contributed by atoms with Crippen LogP contribution in [0.4, 0.5) is 0 Å². The van der Waals surface area contributed by atoms with Gasteiger partial charge in [0.1, 0.15) is 5.69 Å². The van der Waals surface area contributed by atoms with Crippen molar-refractivity contribution >= 4 is 5.97 Å². The molecule has 0 aliphatic heterocycles. The van der Waals surface area contributed by atoms with Crippen LogP contribution in [-0.2, 0) is 18.2 Å². The summed E-state index contributed by atoms with van der Waals surface area (Å²) < 4.78 is 6.73. The molecular weight excluding hydrogens is 178 g/mol. The zero-order chi connectivity index (χ0) is 10.6. The number of aromatic nitrogens is 1. The van der Waals surface area contributed by atoms with Crippen molar-refractivity contribution in [2.75, 3.05) is 6.61 Å². The first-order chi connectivity index (χ1) is 6.70. The van der Waals surface area contributed by atoms with Crippen molar-refractivity contribution in [3.05, 3.63) is 36.2 Å². The number of rotatable bonds is 4. The van der Waals surface area contributed by atoms with Crippen LogP contribution < -0.4 is 0 Å². The molecule has 0 aliphatic rings. The molecule has 0 fully saturated rings. The Hall–Kier alpha value is -1.51. The molecule has 3 heteroatoms. The number of hydrogen-bond donors (Lipinski definition) is 0. The maximum absolute atomic E-state index is 11.5. The largest absolute Gasteiger partial charge is 0.461 e. The van der Waals surface area contributed by atoms with Crippen molar-refractivity contribution in [3.63, 3.8) is 0 Å². The third-order valence-electron chi connectivity index (χ3n) is 1.99. The second kappa shape index (κ2) is 4.65. The van der Waals surface area contributed by atoms with E-state index in [1.165, 1.54) is 0 Å². The van der Waals surface area contributed by atoms with Gasteiger partial charge in [0.15, 0.2) is 0 Å². The highest BCUT2D eigenvalue weighted by Crippen LogP contribution is 2.12. The second-order valence-electron chi connectivity index (χ2n) is 3.01. The van der Waals surface area contributed by atoms with Crippen molar-refractivity contribution in [2.24, 2.45) is 7.05 Å². The third-order valence-corrected chi connectivity index (χ3v) is 1.99. The Bertz CT molecular complexity index is 339. The predicted octanol–water partition coefficient (Wildman–Crippen LogP) is 1.93. The van der Waals surface area contributed by atoms with Gasteiger partial charge >= 0.3 is 5.97 Å². The fraction of sp³-hybridized carbons (Fsp3) is 0.364. The number of hydrogen-bond acceptors (Lipinski definition) is 2. The van der Waals surface area contributed by atoms with Crippen molar-refractivity contribution in [3.8, 4) is 0 Å². The molecule has 0 bridgehead atoms. The predicted molar refractivity (Wildman–Crippen MR) is 55.3 cm³/mol. The maximum Gasteiger partial charge on any atom is 0.355 e. The molecule has 0 N–H and O–H groups in total. The van der Waals surface area contributed by atoms with Gasteiger partial charge in [-0.1, -0.05) is 6.08 Å². The van der Waals surface area contributed by atoms with E-state index in [0.29, 0.717) is 18.7 Å². The molecule has 76 valence electrons. The number of nitrogens with zero attached hydrogens (tertiary/aromatic N) is 1. The summed E-state index contributed by atoms with van der Waals surface area (Å²) in [6.07, 6.45) is 4.32. The summed E-state index contributed by atoms with van der Waals surface area (Å²) in [5.74, 6) is -0.267. The molecule has 0 aliphatic carbocycles. The second-order valence-corrected chi connectivity index (χ2v) is 3.01. The van der Waals surface area contributed by atoms with E-state index >= 15 is 0 Å². The summed E-state index contributed by atoms with van der Waals surface area (Å²) in [6, 6.07) is 1.91. The minimum Gasteiger partial charge on any atom is -0.461 e. The number of carbonyl (C=O) groups is 1. The Kier molecular flexibility index (Phi) is 3.51. The summed E-state index contributed by atoms with van der Waals surface area (Å²) in [6.45, 7) is 5.85. The van der Waals surface area contributed by atoms with Gasteiger partial charge in [0.05, 0.1) is 6.61 Å². The molecule has 0 spiro atoms. The van der Waals surface area contributed by atoms with E-state index < -0.39 is 0 Å². The van der Waals surface area contributed by atoms with Crippen LogP contribution in [0.1, 0.15) is 23.0 Å². The molecule has 1 rings (SSSR count). The van der Waals surface area contributed by atoms with Crippen molar-refractivity contribution in [2.45, 2.75) is 13.3 Å². The maximum atomic E-state index is 11.5. The van der Waals surface area contributed by atoms with E-state index in [4.69, 9.17) is 4.74 Å². The monoisotopic (exact) mass is 193 g/mol. The highest BCUT2D eigenvalue weighted by Gasteiger charge is 2.15. The molecule has 0 unspecified atom stereocenters. The number of allylic oxidation sites excluding steroid dienone is 1. The summed E-state index contributed by atoms with van der Waals surface area (Å²) >= 11 is 0. The van der Waals surface area contributed by atoms with Crippen molar-refractivity contribution < 1.29 is 9.53 Å². The summed E-state index contributed by atoms with van der Waals surface area (Å²) in [5.41, 5.74) is 1.58. The van der Waals surface area contributed by atoms with E-state index in [1.54, 1.807) is 17.6 Å². The van der Waals surface area contributed by atoms with Crippen LogP contribution in [0.2, 0.25) is 0 Å². The molecule has 0 saturated carbocycles. The topological polar surface area (TPSA) is 31.2 Å². The lowest BCUT2D eigenvalue weighted by atomic mass is 10.2. The van der Waals surface area contributed by atoms with Gasteiger partial charge in [-0.3, -0.25) is 0 Å². The molecule has 1 aromatic rings. The molecule has 1 aromatic heterocycles. The van der Waals surface area contributed by atoms with Crippen LogP contribution in [-0.4, -0.2) is 17.1 Å². The minimum absolute atomic E-state index is 0.267. The van der Waals surface area contributed by atoms with E-state index in [2.05, 4.69) is 6.58 Å². The molecule has 0 radical (unpaired) electrons. The first-order valence-electron chi connectivity index (χ1n) is 4.63. The van der Waals surface area contributed by atoms with Gasteiger partial charge < -0.3 is 9.30 Å². The van der Waals surface area contributed by atoms with Gasteiger partial charge in [0.25, 0.3) is 0 Å². The van der Waals surface area contributed by atoms with Crippen LogP contribution in [0, 0.1) is 0 Å². The van der Waals surface area contributed by atoms with Gasteiger partial charge in [-0.25, -0.2) is 4.79 Å². The molecule has 1 heterocycles. The first-order valence-corrected chi connectivity index (χ1v) is 4.63. The van der Waals surface area contributed by atoms with Crippen LogP contribution in [0.5, 0.6) is 0 Å². The molecule has 3 nitrogen and oxygen atoms in total. The van der Waals surface area contributed by atoms with Gasteiger partial charge in [0, 0.05) is 13.2 Å². The lowest BCUT2D eigenvalue weighted by Crippen LogP contribution is -2.11. The summed E-state index contributed by atoms with van der Waals surface area (Å²) in [7, 11) is 1.83. The number of esters is 1. The minimum atomic E-state index is -0.267. The zero-order valence-corrected chi connectivity index (χ0v) is 8.62. The van der Waals surface area contributed by atoms with E-state index in [0.717, 1.165) is 5.56 Å². The Morgan fingerprint density at radius 3 is 3.00 bits per heavy atom. The number of ether oxygens (including phenoxy) is 1. The third kappa shape index (κ3) is 2.05. The molecule has 0 saturated heterocycles. The number of carbonyl (C=O) groups excluding carboxylic acids is 1. The van der Waals surface area contributed by atoms with Crippen molar-refractivity contribution in [1.29, 1.82) is 0 Å². The SMILES string of the molecule is C=CCc1ccn(C)c1C(=O)OCC. The Balaban J connectivity index is 2.97. The van der Waals surface area contributed by atoms with Gasteiger partial charge in [-0.15, -0.1) is 6.58 Å². The summed E-state index contributed by atoms with van der Waals surface area (Å²) in [4.78, 5) is 11.5. The van der Waals surface area contributed by atoms with E-state index in [1.807, 2.05) is 19.3 Å². The lowest BCUT2D eigenvalue weighted by molar-refractivity contribution is 0.0514. The van der Waals surface area contributed by atoms with Gasteiger partial charge in [-0.05, 0) is 25.0 Å². The molecule has 14 heavy (non-hydrogen) atoms. The molecule has 0 aromatic carbocycles. The lowest BCUT2D eigenvalue weighted by Gasteiger charge is -2.05. The zero-order valence-electron chi connectivity index (χ0n) is 8.62. The Labute approximate surface area is 84.0 Å². The highest BCUT2D eigenvalue weighted by molar-refractivity contribution is 5.89. The van der Waals surface area contributed by atoms with Crippen LogP contribution in [0.3, 0.4) is 0 Å². The molecule has 0 atom stereocenters. The van der Waals surface area contributed by atoms with Crippen LogP contribution in [0.25, 0.3) is 0 Å². The van der Waals surface area contributed by atoms with Crippen LogP contribution in [0.15, 0.2) is 24.9 Å². The van der Waals surface area contributed by atoms with E-state index in [9.17, 15) is 4.79 Å². The fourth-order valence-electron chi connectivity index (χ4n) is 1.38. The van der Waals surface area contributed by atoms with Gasteiger partial charge in [0.2, 0.25) is 0 Å².